The lowest BCUT2D eigenvalue weighted by molar-refractivity contribution is 0.0533. The third kappa shape index (κ3) is 13.1. The molecule has 0 amide bonds. The fourth-order valence-electron chi connectivity index (χ4n) is 3.36. The van der Waals surface area contributed by atoms with Gasteiger partial charge in [0.05, 0.1) is 12.9 Å². The fraction of sp³-hybridized carbons (Fsp3) is 0.864. The van der Waals surface area contributed by atoms with Gasteiger partial charge in [-0.2, -0.15) is 0 Å². The number of hydrogen-bond acceptors (Lipinski definition) is 3. The van der Waals surface area contributed by atoms with Gasteiger partial charge in [-0.15, -0.1) is 0 Å². The highest BCUT2D eigenvalue weighted by molar-refractivity contribution is 5.57. The van der Waals surface area contributed by atoms with Crippen LogP contribution in [0, 0.1) is 0 Å². The van der Waals surface area contributed by atoms with Crippen molar-refractivity contribution in [2.45, 2.75) is 109 Å². The predicted octanol–water partition coefficient (Wildman–Crippen LogP) is 6.08. The summed E-state index contributed by atoms with van der Waals surface area (Å²) in [6.45, 7) is 4.00. The van der Waals surface area contributed by atoms with Crippen molar-refractivity contribution in [1.29, 1.82) is 0 Å². The Bertz CT molecular complexity index is 341. The lowest BCUT2D eigenvalue weighted by Gasteiger charge is -2.21. The van der Waals surface area contributed by atoms with E-state index in [9.17, 15) is 5.11 Å². The molecule has 1 N–H and O–H groups in total. The molecule has 0 saturated heterocycles. The molecule has 0 fully saturated rings. The average Bonchev–Trinajstić information content (AvgIpc) is 3.16. The van der Waals surface area contributed by atoms with E-state index in [1.54, 1.807) is 6.34 Å². The molecule has 0 aromatic heterocycles. The van der Waals surface area contributed by atoms with Crippen molar-refractivity contribution < 1.29 is 5.11 Å². The first kappa shape index (κ1) is 22.2. The number of hydrogen-bond donors (Lipinski definition) is 1. The second-order valence-corrected chi connectivity index (χ2v) is 7.47. The quantitative estimate of drug-likeness (QED) is 0.255. The predicted molar refractivity (Wildman–Crippen MR) is 110 cm³/mol. The first-order valence-corrected chi connectivity index (χ1v) is 10.9. The van der Waals surface area contributed by atoms with Gasteiger partial charge in [-0.05, 0) is 38.5 Å². The molecule has 0 aromatic rings. The molecule has 0 aromatic carbocycles. The van der Waals surface area contributed by atoms with Crippen LogP contribution in [0.4, 0.5) is 0 Å². The van der Waals surface area contributed by atoms with Crippen LogP contribution in [0.1, 0.15) is 103 Å². The Balaban J connectivity index is 1.75. The van der Waals surface area contributed by atoms with E-state index in [4.69, 9.17) is 0 Å². The van der Waals surface area contributed by atoms with Crippen molar-refractivity contribution in [3.63, 3.8) is 0 Å². The van der Waals surface area contributed by atoms with Crippen LogP contribution in [-0.2, 0) is 0 Å². The number of aliphatic hydroxyl groups is 1. The van der Waals surface area contributed by atoms with Crippen LogP contribution in [0.25, 0.3) is 0 Å². The van der Waals surface area contributed by atoms with E-state index in [0.717, 1.165) is 25.9 Å². The van der Waals surface area contributed by atoms with Crippen molar-refractivity contribution in [1.82, 2.24) is 4.90 Å². The zero-order chi connectivity index (χ0) is 18.0. The second kappa shape index (κ2) is 16.6. The molecule has 1 unspecified atom stereocenters. The molecule has 0 bridgehead atoms. The lowest BCUT2D eigenvalue weighted by atomic mass is 10.1. The van der Waals surface area contributed by atoms with Crippen LogP contribution in [0.5, 0.6) is 0 Å². The van der Waals surface area contributed by atoms with Crippen molar-refractivity contribution in [2.75, 3.05) is 13.1 Å². The topological polar surface area (TPSA) is 35.8 Å². The van der Waals surface area contributed by atoms with Crippen LogP contribution in [0.3, 0.4) is 0 Å². The molecular formula is C22H42N2O. The molecule has 0 aliphatic carbocycles. The van der Waals surface area contributed by atoms with Gasteiger partial charge in [-0.25, -0.2) is 0 Å². The number of allylic oxidation sites excluding steroid dienone is 2. The first-order chi connectivity index (χ1) is 12.3. The summed E-state index contributed by atoms with van der Waals surface area (Å²) in [6, 6.07) is 0. The van der Waals surface area contributed by atoms with Gasteiger partial charge in [0.2, 0.25) is 0 Å². The number of nitrogens with zero attached hydrogens (tertiary/aromatic N) is 2. The highest BCUT2D eigenvalue weighted by Gasteiger charge is 2.14. The summed E-state index contributed by atoms with van der Waals surface area (Å²) in [6.07, 6.45) is 25.7. The molecule has 0 saturated carbocycles. The minimum atomic E-state index is -0.317. The molecule has 3 heteroatoms. The monoisotopic (exact) mass is 350 g/mol. The number of unbranched alkanes of at least 4 members (excludes halogenated alkanes) is 12. The second-order valence-electron chi connectivity index (χ2n) is 7.47. The molecule has 3 nitrogen and oxygen atoms in total. The maximum atomic E-state index is 9.99. The summed E-state index contributed by atoms with van der Waals surface area (Å²) >= 11 is 0. The van der Waals surface area contributed by atoms with Gasteiger partial charge in [-0.3, -0.25) is 4.99 Å². The Labute approximate surface area is 156 Å². The van der Waals surface area contributed by atoms with Crippen molar-refractivity contribution in [2.24, 2.45) is 4.99 Å². The molecule has 25 heavy (non-hydrogen) atoms. The maximum absolute atomic E-state index is 9.99. The SMILES string of the molecule is CCCCCCCC/C=C\CCCCCCCCC(O)N1C=NCC1. The summed E-state index contributed by atoms with van der Waals surface area (Å²) in [5.74, 6) is 0. The number of aliphatic imine (C=N–C) groups is 1. The Kier molecular flexibility index (Phi) is 14.8. The standard InChI is InChI=1S/C22H42N2O/c1-2-3-4-5-6-7-8-9-10-11-12-13-14-15-16-17-18-22(25)24-20-19-23-21-24/h9-10,21-22,25H,2-8,11-20H2,1H3/b10-9-. The molecule has 1 aliphatic heterocycles. The van der Waals surface area contributed by atoms with E-state index in [2.05, 4.69) is 24.1 Å². The molecule has 1 aliphatic rings. The van der Waals surface area contributed by atoms with Gasteiger partial charge in [0, 0.05) is 6.54 Å². The van der Waals surface area contributed by atoms with E-state index in [-0.39, 0.29) is 6.23 Å². The van der Waals surface area contributed by atoms with Gasteiger partial charge in [0.1, 0.15) is 6.23 Å². The van der Waals surface area contributed by atoms with Gasteiger partial charge >= 0.3 is 0 Å². The normalized spacial score (nSPS) is 15.5. The summed E-state index contributed by atoms with van der Waals surface area (Å²) in [4.78, 5) is 6.10. The zero-order valence-electron chi connectivity index (χ0n) is 16.7. The third-order valence-electron chi connectivity index (χ3n) is 5.07. The first-order valence-electron chi connectivity index (χ1n) is 10.9. The average molecular weight is 351 g/mol. The minimum Gasteiger partial charge on any atom is -0.374 e. The molecule has 1 atom stereocenters. The van der Waals surface area contributed by atoms with E-state index >= 15 is 0 Å². The Hall–Kier alpha value is -0.830. The third-order valence-corrected chi connectivity index (χ3v) is 5.07. The molecule has 0 radical (unpaired) electrons. The summed E-state index contributed by atoms with van der Waals surface area (Å²) in [7, 11) is 0. The van der Waals surface area contributed by atoms with Crippen LogP contribution in [0.15, 0.2) is 17.1 Å². The van der Waals surface area contributed by atoms with E-state index in [1.807, 2.05) is 4.90 Å². The highest BCUT2D eigenvalue weighted by atomic mass is 16.3. The van der Waals surface area contributed by atoms with Crippen LogP contribution < -0.4 is 0 Å². The smallest absolute Gasteiger partial charge is 0.127 e. The van der Waals surface area contributed by atoms with Gasteiger partial charge in [-0.1, -0.05) is 76.9 Å². The highest BCUT2D eigenvalue weighted by Crippen LogP contribution is 2.13. The molecule has 0 spiro atoms. The molecule has 146 valence electrons. The summed E-state index contributed by atoms with van der Waals surface area (Å²) in [5.41, 5.74) is 0. The minimum absolute atomic E-state index is 0.317. The van der Waals surface area contributed by atoms with Gasteiger partial charge < -0.3 is 10.0 Å². The van der Waals surface area contributed by atoms with E-state index in [1.165, 1.54) is 83.5 Å². The van der Waals surface area contributed by atoms with E-state index in [0.29, 0.717) is 0 Å². The van der Waals surface area contributed by atoms with Crippen molar-refractivity contribution in [3.05, 3.63) is 12.2 Å². The Morgan fingerprint density at radius 1 is 0.880 bits per heavy atom. The number of aliphatic hydroxyl groups excluding tert-OH is 1. The fourth-order valence-corrected chi connectivity index (χ4v) is 3.36. The van der Waals surface area contributed by atoms with E-state index < -0.39 is 0 Å². The number of rotatable bonds is 17. The van der Waals surface area contributed by atoms with Crippen LogP contribution >= 0.6 is 0 Å². The molecule has 1 rings (SSSR count). The lowest BCUT2D eigenvalue weighted by Crippen LogP contribution is -2.32. The van der Waals surface area contributed by atoms with Crippen LogP contribution in [0.2, 0.25) is 0 Å². The zero-order valence-corrected chi connectivity index (χ0v) is 16.7. The Morgan fingerprint density at radius 3 is 2.00 bits per heavy atom. The largest absolute Gasteiger partial charge is 0.374 e. The maximum Gasteiger partial charge on any atom is 0.127 e. The van der Waals surface area contributed by atoms with Gasteiger partial charge in [0.25, 0.3) is 0 Å². The summed E-state index contributed by atoms with van der Waals surface area (Å²) in [5, 5.41) is 9.99. The molecule has 1 heterocycles. The Morgan fingerprint density at radius 2 is 1.44 bits per heavy atom. The van der Waals surface area contributed by atoms with Crippen molar-refractivity contribution in [3.8, 4) is 0 Å². The molecular weight excluding hydrogens is 308 g/mol. The summed E-state index contributed by atoms with van der Waals surface area (Å²) < 4.78 is 0. The van der Waals surface area contributed by atoms with Gasteiger partial charge in [0.15, 0.2) is 0 Å². The van der Waals surface area contributed by atoms with Crippen molar-refractivity contribution >= 4 is 6.34 Å². The van der Waals surface area contributed by atoms with Crippen LogP contribution in [-0.4, -0.2) is 35.7 Å².